The zero-order valence-corrected chi connectivity index (χ0v) is 11.2. The lowest BCUT2D eigenvalue weighted by molar-refractivity contribution is 0.0970. The molecular formula is C17H19NO. The predicted molar refractivity (Wildman–Crippen MR) is 78.3 cm³/mol. The molecule has 1 unspecified atom stereocenters. The van der Waals surface area contributed by atoms with E-state index in [2.05, 4.69) is 60.8 Å². The van der Waals surface area contributed by atoms with Crippen LogP contribution in [0.2, 0.25) is 0 Å². The maximum absolute atomic E-state index is 5.69. The third-order valence-electron chi connectivity index (χ3n) is 3.70. The molecule has 0 saturated heterocycles. The van der Waals surface area contributed by atoms with E-state index >= 15 is 0 Å². The number of hydrogen-bond donors (Lipinski definition) is 1. The quantitative estimate of drug-likeness (QED) is 0.894. The van der Waals surface area contributed by atoms with Crippen molar-refractivity contribution in [2.75, 3.05) is 11.9 Å². The number of aryl methyl sites for hydroxylation is 1. The zero-order valence-electron chi connectivity index (χ0n) is 11.2. The molecule has 2 aromatic rings. The topological polar surface area (TPSA) is 21.3 Å². The van der Waals surface area contributed by atoms with Crippen molar-refractivity contribution in [2.45, 2.75) is 26.0 Å². The first kappa shape index (κ1) is 12.2. The molecule has 0 aromatic heterocycles. The van der Waals surface area contributed by atoms with Gasteiger partial charge in [0.05, 0.1) is 19.3 Å². The van der Waals surface area contributed by atoms with Gasteiger partial charge in [-0.1, -0.05) is 49.4 Å². The van der Waals surface area contributed by atoms with Crippen LogP contribution in [0.1, 0.15) is 29.7 Å². The Balaban J connectivity index is 1.88. The standard InChI is InChI=1S/C17H19NO/c1-2-13-7-4-6-10-16(13)18-17-12-19-11-14-8-3-5-9-15(14)17/h3-10,17-18H,2,11-12H2,1H3. The van der Waals surface area contributed by atoms with Crippen molar-refractivity contribution in [1.29, 1.82) is 0 Å². The number of benzene rings is 2. The number of nitrogens with one attached hydrogen (secondary N) is 1. The van der Waals surface area contributed by atoms with Gasteiger partial charge >= 0.3 is 0 Å². The molecule has 1 aliphatic heterocycles. The van der Waals surface area contributed by atoms with Crippen LogP contribution in [-0.4, -0.2) is 6.61 Å². The van der Waals surface area contributed by atoms with E-state index in [-0.39, 0.29) is 6.04 Å². The van der Waals surface area contributed by atoms with Gasteiger partial charge in [-0.2, -0.15) is 0 Å². The van der Waals surface area contributed by atoms with Crippen LogP contribution >= 0.6 is 0 Å². The van der Waals surface area contributed by atoms with Gasteiger partial charge in [0, 0.05) is 5.69 Å². The average molecular weight is 253 g/mol. The second-order valence-electron chi connectivity index (χ2n) is 4.92. The van der Waals surface area contributed by atoms with Crippen LogP contribution in [0.15, 0.2) is 48.5 Å². The SMILES string of the molecule is CCc1ccccc1NC1COCc2ccccc21. The molecule has 98 valence electrons. The van der Waals surface area contributed by atoms with E-state index in [9.17, 15) is 0 Å². The number of para-hydroxylation sites is 1. The fourth-order valence-corrected chi connectivity index (χ4v) is 2.66. The Hall–Kier alpha value is -1.80. The summed E-state index contributed by atoms with van der Waals surface area (Å²) in [6, 6.07) is 17.3. The molecule has 0 amide bonds. The van der Waals surface area contributed by atoms with Gasteiger partial charge in [-0.05, 0) is 29.2 Å². The molecule has 3 rings (SSSR count). The summed E-state index contributed by atoms with van der Waals surface area (Å²) >= 11 is 0. The van der Waals surface area contributed by atoms with Gasteiger partial charge in [-0.25, -0.2) is 0 Å². The molecule has 2 nitrogen and oxygen atoms in total. The largest absolute Gasteiger partial charge is 0.376 e. The number of rotatable bonds is 3. The highest BCUT2D eigenvalue weighted by Crippen LogP contribution is 2.29. The highest BCUT2D eigenvalue weighted by Gasteiger charge is 2.20. The Morgan fingerprint density at radius 3 is 2.79 bits per heavy atom. The molecule has 0 bridgehead atoms. The van der Waals surface area contributed by atoms with Crippen LogP contribution in [-0.2, 0) is 17.8 Å². The summed E-state index contributed by atoms with van der Waals surface area (Å²) in [4.78, 5) is 0. The van der Waals surface area contributed by atoms with Gasteiger partial charge in [0.15, 0.2) is 0 Å². The first-order chi connectivity index (χ1) is 9.38. The Morgan fingerprint density at radius 1 is 1.11 bits per heavy atom. The van der Waals surface area contributed by atoms with Crippen molar-refractivity contribution >= 4 is 5.69 Å². The molecule has 1 heterocycles. The van der Waals surface area contributed by atoms with Crippen molar-refractivity contribution < 1.29 is 4.74 Å². The fourth-order valence-electron chi connectivity index (χ4n) is 2.66. The second kappa shape index (κ2) is 5.45. The lowest BCUT2D eigenvalue weighted by Crippen LogP contribution is -2.23. The van der Waals surface area contributed by atoms with Crippen molar-refractivity contribution in [3.05, 3.63) is 65.2 Å². The highest BCUT2D eigenvalue weighted by molar-refractivity contribution is 5.53. The van der Waals surface area contributed by atoms with E-state index in [1.807, 2.05) is 0 Å². The first-order valence-electron chi connectivity index (χ1n) is 6.88. The minimum atomic E-state index is 0.248. The Bertz CT molecular complexity index is 565. The summed E-state index contributed by atoms with van der Waals surface area (Å²) in [6.45, 7) is 3.64. The lowest BCUT2D eigenvalue weighted by atomic mass is 9.98. The molecule has 19 heavy (non-hydrogen) atoms. The smallest absolute Gasteiger partial charge is 0.0751 e. The number of fused-ring (bicyclic) bond motifs is 1. The molecule has 1 N–H and O–H groups in total. The number of ether oxygens (including phenoxy) is 1. The molecule has 0 aliphatic carbocycles. The first-order valence-corrected chi connectivity index (χ1v) is 6.88. The van der Waals surface area contributed by atoms with E-state index in [1.165, 1.54) is 22.4 Å². The van der Waals surface area contributed by atoms with Gasteiger partial charge in [-0.3, -0.25) is 0 Å². The van der Waals surface area contributed by atoms with Gasteiger partial charge in [0.2, 0.25) is 0 Å². The van der Waals surface area contributed by atoms with Crippen LogP contribution in [0.25, 0.3) is 0 Å². The van der Waals surface area contributed by atoms with E-state index < -0.39 is 0 Å². The van der Waals surface area contributed by atoms with Crippen molar-refractivity contribution in [3.8, 4) is 0 Å². The summed E-state index contributed by atoms with van der Waals surface area (Å²) in [5, 5.41) is 3.63. The second-order valence-corrected chi connectivity index (χ2v) is 4.92. The summed E-state index contributed by atoms with van der Waals surface area (Å²) in [5.41, 5.74) is 5.22. The third kappa shape index (κ3) is 2.49. The van der Waals surface area contributed by atoms with E-state index in [4.69, 9.17) is 4.74 Å². The third-order valence-corrected chi connectivity index (χ3v) is 3.70. The Kier molecular flexibility index (Phi) is 3.51. The Morgan fingerprint density at radius 2 is 1.89 bits per heavy atom. The maximum Gasteiger partial charge on any atom is 0.0751 e. The predicted octanol–water partition coefficient (Wildman–Crippen LogP) is 3.93. The molecule has 1 aliphatic rings. The van der Waals surface area contributed by atoms with Crippen molar-refractivity contribution in [3.63, 3.8) is 0 Å². The minimum Gasteiger partial charge on any atom is -0.376 e. The van der Waals surface area contributed by atoms with Crippen molar-refractivity contribution in [1.82, 2.24) is 0 Å². The zero-order chi connectivity index (χ0) is 13.1. The maximum atomic E-state index is 5.69. The van der Waals surface area contributed by atoms with Crippen LogP contribution in [0.3, 0.4) is 0 Å². The van der Waals surface area contributed by atoms with Crippen molar-refractivity contribution in [2.24, 2.45) is 0 Å². The molecule has 0 fully saturated rings. The van der Waals surface area contributed by atoms with Gasteiger partial charge in [0.25, 0.3) is 0 Å². The molecule has 0 radical (unpaired) electrons. The summed E-state index contributed by atoms with van der Waals surface area (Å²) < 4.78 is 5.69. The van der Waals surface area contributed by atoms with Gasteiger partial charge < -0.3 is 10.1 Å². The van der Waals surface area contributed by atoms with Crippen LogP contribution in [0, 0.1) is 0 Å². The van der Waals surface area contributed by atoms with E-state index in [0.717, 1.165) is 19.6 Å². The molecule has 0 spiro atoms. The van der Waals surface area contributed by atoms with Gasteiger partial charge in [-0.15, -0.1) is 0 Å². The monoisotopic (exact) mass is 253 g/mol. The summed E-state index contributed by atoms with van der Waals surface area (Å²) in [6.07, 6.45) is 1.04. The normalized spacial score (nSPS) is 17.8. The highest BCUT2D eigenvalue weighted by atomic mass is 16.5. The van der Waals surface area contributed by atoms with E-state index in [1.54, 1.807) is 0 Å². The van der Waals surface area contributed by atoms with Crippen LogP contribution in [0.4, 0.5) is 5.69 Å². The molecule has 0 saturated carbocycles. The average Bonchev–Trinajstić information content (AvgIpc) is 2.48. The summed E-state index contributed by atoms with van der Waals surface area (Å²) in [5.74, 6) is 0. The minimum absolute atomic E-state index is 0.248. The molecule has 2 aromatic carbocycles. The summed E-state index contributed by atoms with van der Waals surface area (Å²) in [7, 11) is 0. The lowest BCUT2D eigenvalue weighted by Gasteiger charge is -2.28. The molecule has 1 atom stereocenters. The van der Waals surface area contributed by atoms with Gasteiger partial charge in [0.1, 0.15) is 0 Å². The molecule has 2 heteroatoms. The number of hydrogen-bond acceptors (Lipinski definition) is 2. The number of anilines is 1. The van der Waals surface area contributed by atoms with E-state index in [0.29, 0.717) is 0 Å². The van der Waals surface area contributed by atoms with Crippen LogP contribution < -0.4 is 5.32 Å². The fraction of sp³-hybridized carbons (Fsp3) is 0.294. The van der Waals surface area contributed by atoms with Crippen LogP contribution in [0.5, 0.6) is 0 Å². The molecular weight excluding hydrogens is 234 g/mol. The Labute approximate surface area is 114 Å².